The highest BCUT2D eigenvalue weighted by Crippen LogP contribution is 2.20. The van der Waals surface area contributed by atoms with E-state index in [1.165, 1.54) is 5.56 Å². The monoisotopic (exact) mass is 277 g/mol. The van der Waals surface area contributed by atoms with Gasteiger partial charge in [-0.1, -0.05) is 12.1 Å². The van der Waals surface area contributed by atoms with Crippen LogP contribution in [0.25, 0.3) is 0 Å². The summed E-state index contributed by atoms with van der Waals surface area (Å²) in [6.07, 6.45) is -0.531. The first-order valence-electron chi connectivity index (χ1n) is 6.28. The number of nitrogens with one attached hydrogen (secondary N) is 1. The molecule has 102 valence electrons. The summed E-state index contributed by atoms with van der Waals surface area (Å²) in [7, 11) is 1.63. The molecule has 0 saturated heterocycles. The van der Waals surface area contributed by atoms with Gasteiger partial charge in [0.1, 0.15) is 5.75 Å². The smallest absolute Gasteiger partial charge is 0.119 e. The summed E-state index contributed by atoms with van der Waals surface area (Å²) in [6.45, 7) is 2.62. The number of hydrogen-bond acceptors (Lipinski definition) is 4. The Bertz CT molecular complexity index is 499. The lowest BCUT2D eigenvalue weighted by atomic mass is 10.1. The van der Waals surface area contributed by atoms with Crippen molar-refractivity contribution in [1.29, 1.82) is 0 Å². The zero-order valence-corrected chi connectivity index (χ0v) is 12.0. The molecule has 0 unspecified atom stereocenters. The Labute approximate surface area is 117 Å². The van der Waals surface area contributed by atoms with Gasteiger partial charge < -0.3 is 15.2 Å². The van der Waals surface area contributed by atoms with E-state index in [1.54, 1.807) is 18.4 Å². The van der Waals surface area contributed by atoms with Gasteiger partial charge in [0.15, 0.2) is 0 Å². The molecular formula is C15H19NO2S. The second kappa shape index (κ2) is 6.70. The molecule has 1 aromatic carbocycles. The van der Waals surface area contributed by atoms with Crippen molar-refractivity contribution in [1.82, 2.24) is 5.32 Å². The van der Waals surface area contributed by atoms with Crippen molar-refractivity contribution < 1.29 is 9.84 Å². The summed E-state index contributed by atoms with van der Waals surface area (Å²) in [4.78, 5) is 0. The molecule has 2 N–H and O–H groups in total. The van der Waals surface area contributed by atoms with E-state index in [1.807, 2.05) is 24.3 Å². The Hall–Kier alpha value is -1.36. The molecule has 1 aromatic heterocycles. The van der Waals surface area contributed by atoms with Crippen LogP contribution in [-0.4, -0.2) is 18.8 Å². The van der Waals surface area contributed by atoms with Crippen LogP contribution >= 0.6 is 11.3 Å². The lowest BCUT2D eigenvalue weighted by Crippen LogP contribution is -2.24. The topological polar surface area (TPSA) is 41.5 Å². The van der Waals surface area contributed by atoms with Crippen molar-refractivity contribution in [3.63, 3.8) is 0 Å². The van der Waals surface area contributed by atoms with Gasteiger partial charge >= 0.3 is 0 Å². The molecule has 2 aromatic rings. The van der Waals surface area contributed by atoms with Crippen LogP contribution in [0.15, 0.2) is 41.1 Å². The zero-order chi connectivity index (χ0) is 13.7. The summed E-state index contributed by atoms with van der Waals surface area (Å²) >= 11 is 1.68. The van der Waals surface area contributed by atoms with Crippen LogP contribution in [0.5, 0.6) is 5.75 Å². The van der Waals surface area contributed by atoms with Gasteiger partial charge in [-0.05, 0) is 47.0 Å². The maximum absolute atomic E-state index is 10.2. The molecule has 2 rings (SSSR count). The van der Waals surface area contributed by atoms with Crippen LogP contribution in [0.2, 0.25) is 0 Å². The van der Waals surface area contributed by atoms with E-state index < -0.39 is 6.10 Å². The van der Waals surface area contributed by atoms with E-state index in [-0.39, 0.29) is 6.04 Å². The molecular weight excluding hydrogens is 258 g/mol. The third-order valence-electron chi connectivity index (χ3n) is 3.14. The summed E-state index contributed by atoms with van der Waals surface area (Å²) in [5.74, 6) is 0.766. The Balaban J connectivity index is 1.91. The van der Waals surface area contributed by atoms with E-state index in [0.29, 0.717) is 6.54 Å². The summed E-state index contributed by atoms with van der Waals surface area (Å²) < 4.78 is 5.16. The highest BCUT2D eigenvalue weighted by Gasteiger charge is 2.11. The number of ether oxygens (including phenoxy) is 1. The number of hydrogen-bond donors (Lipinski definition) is 2. The fourth-order valence-electron chi connectivity index (χ4n) is 1.89. The molecule has 2 atom stereocenters. The summed E-state index contributed by atoms with van der Waals surface area (Å²) in [5.41, 5.74) is 2.12. The molecule has 3 nitrogen and oxygen atoms in total. The minimum Gasteiger partial charge on any atom is -0.497 e. The van der Waals surface area contributed by atoms with Gasteiger partial charge in [0.05, 0.1) is 13.2 Å². The normalized spacial score (nSPS) is 14.1. The Morgan fingerprint density at radius 2 is 2.16 bits per heavy atom. The first-order chi connectivity index (χ1) is 9.20. The lowest BCUT2D eigenvalue weighted by Gasteiger charge is -2.17. The first kappa shape index (κ1) is 14.1. The fraction of sp³-hybridized carbons (Fsp3) is 0.333. The minimum absolute atomic E-state index is 0.242. The average molecular weight is 277 g/mol. The van der Waals surface area contributed by atoms with Crippen LogP contribution in [0, 0.1) is 0 Å². The van der Waals surface area contributed by atoms with Crippen molar-refractivity contribution in [2.75, 3.05) is 13.7 Å². The summed E-state index contributed by atoms with van der Waals surface area (Å²) in [5, 5.41) is 17.7. The SMILES string of the molecule is COc1cccc([C@@H](O)CN[C@@H](C)c2ccsc2)c1. The zero-order valence-electron chi connectivity index (χ0n) is 11.2. The van der Waals surface area contributed by atoms with Gasteiger partial charge in [-0.15, -0.1) is 0 Å². The average Bonchev–Trinajstić information content (AvgIpc) is 2.98. The maximum Gasteiger partial charge on any atom is 0.119 e. The van der Waals surface area contributed by atoms with Gasteiger partial charge in [0, 0.05) is 12.6 Å². The van der Waals surface area contributed by atoms with Gasteiger partial charge in [0.25, 0.3) is 0 Å². The molecule has 0 aliphatic rings. The highest BCUT2D eigenvalue weighted by atomic mass is 32.1. The third kappa shape index (κ3) is 3.80. The second-order valence-electron chi connectivity index (χ2n) is 4.48. The predicted molar refractivity (Wildman–Crippen MR) is 78.7 cm³/mol. The molecule has 0 radical (unpaired) electrons. The van der Waals surface area contributed by atoms with Crippen molar-refractivity contribution in [3.8, 4) is 5.75 Å². The van der Waals surface area contributed by atoms with Crippen LogP contribution in [0.1, 0.15) is 30.2 Å². The van der Waals surface area contributed by atoms with Crippen LogP contribution in [0.3, 0.4) is 0 Å². The number of rotatable bonds is 6. The van der Waals surface area contributed by atoms with E-state index in [4.69, 9.17) is 4.74 Å². The quantitative estimate of drug-likeness (QED) is 0.852. The van der Waals surface area contributed by atoms with E-state index in [9.17, 15) is 5.11 Å². The Morgan fingerprint density at radius 3 is 2.84 bits per heavy atom. The largest absolute Gasteiger partial charge is 0.497 e. The standard InChI is InChI=1S/C15H19NO2S/c1-11(13-6-7-19-10-13)16-9-15(17)12-4-3-5-14(8-12)18-2/h3-8,10-11,15-17H,9H2,1-2H3/t11-,15-/m0/s1. The number of thiophene rings is 1. The predicted octanol–water partition coefficient (Wildman–Crippen LogP) is 3.14. The molecule has 0 aliphatic heterocycles. The van der Waals surface area contributed by atoms with Gasteiger partial charge in [0.2, 0.25) is 0 Å². The van der Waals surface area contributed by atoms with E-state index in [2.05, 4.69) is 29.1 Å². The second-order valence-corrected chi connectivity index (χ2v) is 5.26. The molecule has 0 saturated carbocycles. The molecule has 4 heteroatoms. The Morgan fingerprint density at radius 1 is 1.32 bits per heavy atom. The van der Waals surface area contributed by atoms with Crippen molar-refractivity contribution >= 4 is 11.3 Å². The number of benzene rings is 1. The maximum atomic E-state index is 10.2. The highest BCUT2D eigenvalue weighted by molar-refractivity contribution is 7.07. The molecule has 0 bridgehead atoms. The fourth-order valence-corrected chi connectivity index (χ4v) is 2.65. The number of aliphatic hydroxyl groups excluding tert-OH is 1. The van der Waals surface area contributed by atoms with Crippen LogP contribution < -0.4 is 10.1 Å². The Kier molecular flexibility index (Phi) is 4.96. The summed E-state index contributed by atoms with van der Waals surface area (Å²) in [6, 6.07) is 9.87. The van der Waals surface area contributed by atoms with E-state index >= 15 is 0 Å². The molecule has 0 amide bonds. The minimum atomic E-state index is -0.531. The molecule has 1 heterocycles. The van der Waals surface area contributed by atoms with Crippen molar-refractivity contribution in [2.24, 2.45) is 0 Å². The molecule has 0 aliphatic carbocycles. The van der Waals surface area contributed by atoms with Gasteiger partial charge in [-0.3, -0.25) is 0 Å². The number of aliphatic hydroxyl groups is 1. The van der Waals surface area contributed by atoms with Crippen LogP contribution in [-0.2, 0) is 0 Å². The van der Waals surface area contributed by atoms with Gasteiger partial charge in [-0.25, -0.2) is 0 Å². The van der Waals surface area contributed by atoms with Crippen molar-refractivity contribution in [3.05, 3.63) is 52.2 Å². The van der Waals surface area contributed by atoms with Gasteiger partial charge in [-0.2, -0.15) is 11.3 Å². The third-order valence-corrected chi connectivity index (χ3v) is 3.84. The first-order valence-corrected chi connectivity index (χ1v) is 7.22. The number of methoxy groups -OCH3 is 1. The van der Waals surface area contributed by atoms with Crippen LogP contribution in [0.4, 0.5) is 0 Å². The molecule has 0 spiro atoms. The molecule has 0 fully saturated rings. The van der Waals surface area contributed by atoms with Crippen molar-refractivity contribution in [2.45, 2.75) is 19.1 Å². The molecule has 19 heavy (non-hydrogen) atoms. The van der Waals surface area contributed by atoms with E-state index in [0.717, 1.165) is 11.3 Å². The lowest BCUT2D eigenvalue weighted by molar-refractivity contribution is 0.170.